The van der Waals surface area contributed by atoms with E-state index in [9.17, 15) is 4.79 Å². The van der Waals surface area contributed by atoms with Crippen molar-refractivity contribution >= 4 is 17.9 Å². The standard InChI is InChI=1S/C17H18N4O/c22-16(8-7-15-5-2-1-3-6-15)20-11-13-21(14-12-20)17-18-9-4-10-19-17/h1-10H,11-14H2/b8-7+. The number of carbonyl (C=O) groups is 1. The lowest BCUT2D eigenvalue weighted by Crippen LogP contribution is -2.48. The van der Waals surface area contributed by atoms with Gasteiger partial charge < -0.3 is 9.80 Å². The van der Waals surface area contributed by atoms with E-state index in [1.54, 1.807) is 24.5 Å². The van der Waals surface area contributed by atoms with E-state index in [0.717, 1.165) is 24.6 Å². The number of anilines is 1. The van der Waals surface area contributed by atoms with Gasteiger partial charge in [0.1, 0.15) is 0 Å². The largest absolute Gasteiger partial charge is 0.337 e. The highest BCUT2D eigenvalue weighted by molar-refractivity contribution is 5.91. The average Bonchev–Trinajstić information content (AvgIpc) is 2.61. The van der Waals surface area contributed by atoms with Crippen LogP contribution in [0.5, 0.6) is 0 Å². The first kappa shape index (κ1) is 14.3. The highest BCUT2D eigenvalue weighted by atomic mass is 16.2. The fraction of sp³-hybridized carbons (Fsp3) is 0.235. The molecule has 1 fully saturated rings. The van der Waals surface area contributed by atoms with Gasteiger partial charge in [-0.25, -0.2) is 9.97 Å². The summed E-state index contributed by atoms with van der Waals surface area (Å²) in [5.74, 6) is 0.784. The first-order chi connectivity index (χ1) is 10.8. The lowest BCUT2D eigenvalue weighted by Gasteiger charge is -2.34. The van der Waals surface area contributed by atoms with Gasteiger partial charge >= 0.3 is 0 Å². The molecule has 0 saturated carbocycles. The van der Waals surface area contributed by atoms with E-state index in [0.29, 0.717) is 13.1 Å². The lowest BCUT2D eigenvalue weighted by molar-refractivity contribution is -0.126. The topological polar surface area (TPSA) is 49.3 Å². The third-order valence-electron chi connectivity index (χ3n) is 3.64. The molecule has 0 unspecified atom stereocenters. The molecule has 0 N–H and O–H groups in total. The summed E-state index contributed by atoms with van der Waals surface area (Å²) in [5, 5.41) is 0. The van der Waals surface area contributed by atoms with Crippen molar-refractivity contribution in [3.63, 3.8) is 0 Å². The van der Waals surface area contributed by atoms with E-state index >= 15 is 0 Å². The summed E-state index contributed by atoms with van der Waals surface area (Å²) < 4.78 is 0. The van der Waals surface area contributed by atoms with Crippen molar-refractivity contribution in [2.45, 2.75) is 0 Å². The average molecular weight is 294 g/mol. The minimum absolute atomic E-state index is 0.0532. The summed E-state index contributed by atoms with van der Waals surface area (Å²) in [4.78, 5) is 24.7. The fourth-order valence-electron chi connectivity index (χ4n) is 2.42. The lowest BCUT2D eigenvalue weighted by atomic mass is 10.2. The maximum absolute atomic E-state index is 12.2. The fourth-order valence-corrected chi connectivity index (χ4v) is 2.42. The molecule has 2 aromatic rings. The number of piperazine rings is 1. The molecule has 0 spiro atoms. The highest BCUT2D eigenvalue weighted by Gasteiger charge is 2.20. The van der Waals surface area contributed by atoms with Crippen LogP contribution in [0.4, 0.5) is 5.95 Å². The molecule has 1 aromatic heterocycles. The third-order valence-corrected chi connectivity index (χ3v) is 3.64. The summed E-state index contributed by atoms with van der Waals surface area (Å²) in [6.07, 6.45) is 6.98. The summed E-state index contributed by atoms with van der Waals surface area (Å²) in [6, 6.07) is 11.6. The Balaban J connectivity index is 1.55. The number of rotatable bonds is 3. The number of aromatic nitrogens is 2. The number of hydrogen-bond acceptors (Lipinski definition) is 4. The zero-order valence-corrected chi connectivity index (χ0v) is 12.3. The smallest absolute Gasteiger partial charge is 0.246 e. The van der Waals surface area contributed by atoms with Crippen LogP contribution in [0.2, 0.25) is 0 Å². The predicted octanol–water partition coefficient (Wildman–Crippen LogP) is 1.84. The van der Waals surface area contributed by atoms with Crippen LogP contribution in [0.15, 0.2) is 54.9 Å². The molecule has 3 rings (SSSR count). The second-order valence-electron chi connectivity index (χ2n) is 5.11. The van der Waals surface area contributed by atoms with Gasteiger partial charge in [0, 0.05) is 44.6 Å². The monoisotopic (exact) mass is 294 g/mol. The van der Waals surface area contributed by atoms with Crippen molar-refractivity contribution in [3.8, 4) is 0 Å². The van der Waals surface area contributed by atoms with Gasteiger partial charge in [-0.3, -0.25) is 4.79 Å². The minimum Gasteiger partial charge on any atom is -0.337 e. The van der Waals surface area contributed by atoms with E-state index in [-0.39, 0.29) is 5.91 Å². The molecule has 0 radical (unpaired) electrons. The first-order valence-electron chi connectivity index (χ1n) is 7.37. The Labute approximate surface area is 129 Å². The van der Waals surface area contributed by atoms with Gasteiger partial charge in [-0.15, -0.1) is 0 Å². The maximum atomic E-state index is 12.2. The Morgan fingerprint density at radius 1 is 0.955 bits per heavy atom. The van der Waals surface area contributed by atoms with Crippen LogP contribution < -0.4 is 4.90 Å². The number of amides is 1. The van der Waals surface area contributed by atoms with E-state index in [2.05, 4.69) is 14.9 Å². The van der Waals surface area contributed by atoms with Crippen LogP contribution in [-0.2, 0) is 4.79 Å². The van der Waals surface area contributed by atoms with Crippen molar-refractivity contribution < 1.29 is 4.79 Å². The van der Waals surface area contributed by atoms with Crippen LogP contribution in [0.1, 0.15) is 5.56 Å². The molecule has 5 nitrogen and oxygen atoms in total. The van der Waals surface area contributed by atoms with Crippen LogP contribution in [0, 0.1) is 0 Å². The Morgan fingerprint density at radius 2 is 1.64 bits per heavy atom. The molecular formula is C17H18N4O. The third kappa shape index (κ3) is 3.49. The molecule has 22 heavy (non-hydrogen) atoms. The van der Waals surface area contributed by atoms with Gasteiger partial charge in [0.15, 0.2) is 0 Å². The Hall–Kier alpha value is -2.69. The number of nitrogens with zero attached hydrogens (tertiary/aromatic N) is 4. The summed E-state index contributed by atoms with van der Waals surface area (Å²) in [7, 11) is 0. The molecule has 0 bridgehead atoms. The maximum Gasteiger partial charge on any atom is 0.246 e. The summed E-state index contributed by atoms with van der Waals surface area (Å²) in [5.41, 5.74) is 1.03. The van der Waals surface area contributed by atoms with Gasteiger partial charge in [-0.1, -0.05) is 30.3 Å². The van der Waals surface area contributed by atoms with Crippen molar-refractivity contribution in [1.29, 1.82) is 0 Å². The van der Waals surface area contributed by atoms with E-state index < -0.39 is 0 Å². The zero-order valence-electron chi connectivity index (χ0n) is 12.3. The molecule has 1 saturated heterocycles. The van der Waals surface area contributed by atoms with E-state index in [4.69, 9.17) is 0 Å². The van der Waals surface area contributed by atoms with Gasteiger partial charge in [-0.05, 0) is 17.7 Å². The van der Waals surface area contributed by atoms with E-state index in [1.165, 1.54) is 0 Å². The molecule has 1 aromatic carbocycles. The first-order valence-corrected chi connectivity index (χ1v) is 7.37. The molecule has 5 heteroatoms. The van der Waals surface area contributed by atoms with Gasteiger partial charge in [0.2, 0.25) is 11.9 Å². The molecule has 2 heterocycles. The minimum atomic E-state index is 0.0532. The summed E-state index contributed by atoms with van der Waals surface area (Å²) in [6.45, 7) is 2.90. The van der Waals surface area contributed by atoms with Crippen LogP contribution >= 0.6 is 0 Å². The predicted molar refractivity (Wildman–Crippen MR) is 86.3 cm³/mol. The van der Waals surface area contributed by atoms with Crippen LogP contribution in [0.3, 0.4) is 0 Å². The normalized spacial score (nSPS) is 15.3. The molecule has 1 aliphatic rings. The number of carbonyl (C=O) groups excluding carboxylic acids is 1. The molecule has 0 aliphatic carbocycles. The van der Waals surface area contributed by atoms with Crippen LogP contribution in [-0.4, -0.2) is 47.0 Å². The summed E-state index contributed by atoms with van der Waals surface area (Å²) >= 11 is 0. The zero-order chi connectivity index (χ0) is 15.2. The Kier molecular flexibility index (Phi) is 4.44. The van der Waals surface area contributed by atoms with Gasteiger partial charge in [0.25, 0.3) is 0 Å². The molecule has 1 aliphatic heterocycles. The van der Waals surface area contributed by atoms with Gasteiger partial charge in [0.05, 0.1) is 0 Å². The second kappa shape index (κ2) is 6.85. The van der Waals surface area contributed by atoms with Gasteiger partial charge in [-0.2, -0.15) is 0 Å². The molecule has 112 valence electrons. The second-order valence-corrected chi connectivity index (χ2v) is 5.11. The molecular weight excluding hydrogens is 276 g/mol. The van der Waals surface area contributed by atoms with Crippen molar-refractivity contribution in [3.05, 3.63) is 60.4 Å². The molecule has 0 atom stereocenters. The molecule has 1 amide bonds. The Morgan fingerprint density at radius 3 is 2.32 bits per heavy atom. The SMILES string of the molecule is O=C(/C=C/c1ccccc1)N1CCN(c2ncccn2)CC1. The number of benzene rings is 1. The Bertz CT molecular complexity index is 634. The number of hydrogen-bond donors (Lipinski definition) is 0. The van der Waals surface area contributed by atoms with Crippen molar-refractivity contribution in [1.82, 2.24) is 14.9 Å². The van der Waals surface area contributed by atoms with Crippen molar-refractivity contribution in [2.24, 2.45) is 0 Å². The van der Waals surface area contributed by atoms with Crippen LogP contribution in [0.25, 0.3) is 6.08 Å². The van der Waals surface area contributed by atoms with Crippen molar-refractivity contribution in [2.75, 3.05) is 31.1 Å². The van der Waals surface area contributed by atoms with E-state index in [1.807, 2.05) is 41.3 Å². The highest BCUT2D eigenvalue weighted by Crippen LogP contribution is 2.10. The quantitative estimate of drug-likeness (QED) is 0.811.